The third-order valence-electron chi connectivity index (χ3n) is 4.80. The molecule has 8 heteroatoms. The van der Waals surface area contributed by atoms with E-state index in [1.54, 1.807) is 18.2 Å². The van der Waals surface area contributed by atoms with E-state index in [1.807, 2.05) is 31.2 Å². The van der Waals surface area contributed by atoms with Crippen LogP contribution in [-0.2, 0) is 0 Å². The van der Waals surface area contributed by atoms with Gasteiger partial charge in [-0.1, -0.05) is 41.6 Å². The van der Waals surface area contributed by atoms with Gasteiger partial charge < -0.3 is 15.2 Å². The number of aromatic nitrogens is 1. The SMILES string of the molecule is COc1ccc(OC)c(C(=O)CSc2nc(N)c(C#N)c(-c3ccc(C)cc3)c2C#N)c1. The number of ketones is 1. The van der Waals surface area contributed by atoms with E-state index >= 15 is 0 Å². The molecule has 0 saturated carbocycles. The minimum absolute atomic E-state index is 0.0100. The maximum absolute atomic E-state index is 12.9. The van der Waals surface area contributed by atoms with Gasteiger partial charge in [-0.25, -0.2) is 4.98 Å². The Morgan fingerprint density at radius 3 is 2.34 bits per heavy atom. The normalized spacial score (nSPS) is 10.2. The Morgan fingerprint density at radius 1 is 1.06 bits per heavy atom. The number of ether oxygens (including phenoxy) is 2. The Balaban J connectivity index is 2.01. The highest BCUT2D eigenvalue weighted by Crippen LogP contribution is 2.36. The number of Topliss-reactive ketones (excluding diaryl/α,β-unsaturated/α-hetero) is 1. The van der Waals surface area contributed by atoms with E-state index in [1.165, 1.54) is 14.2 Å². The van der Waals surface area contributed by atoms with Crippen molar-refractivity contribution in [2.45, 2.75) is 11.9 Å². The number of anilines is 1. The molecule has 0 saturated heterocycles. The molecule has 0 radical (unpaired) electrons. The van der Waals surface area contributed by atoms with Crippen LogP contribution in [0.3, 0.4) is 0 Å². The summed E-state index contributed by atoms with van der Waals surface area (Å²) in [5, 5.41) is 19.8. The Bertz CT molecular complexity index is 1260. The fraction of sp³-hybridized carbons (Fsp3) is 0.167. The van der Waals surface area contributed by atoms with E-state index in [2.05, 4.69) is 17.1 Å². The quantitative estimate of drug-likeness (QED) is 0.421. The molecule has 160 valence electrons. The highest BCUT2D eigenvalue weighted by molar-refractivity contribution is 8.00. The van der Waals surface area contributed by atoms with Crippen molar-refractivity contribution in [3.05, 3.63) is 64.7 Å². The smallest absolute Gasteiger partial charge is 0.176 e. The molecule has 3 aromatic rings. The molecule has 0 bridgehead atoms. The van der Waals surface area contributed by atoms with Crippen molar-refractivity contribution in [3.63, 3.8) is 0 Å². The van der Waals surface area contributed by atoms with Gasteiger partial charge in [0.1, 0.15) is 40.0 Å². The molecule has 0 aliphatic carbocycles. The van der Waals surface area contributed by atoms with E-state index in [-0.39, 0.29) is 33.5 Å². The van der Waals surface area contributed by atoms with Crippen LogP contribution in [0.25, 0.3) is 11.1 Å². The second-order valence-corrected chi connectivity index (χ2v) is 7.76. The van der Waals surface area contributed by atoms with Gasteiger partial charge in [-0.3, -0.25) is 4.79 Å². The number of hydrogen-bond acceptors (Lipinski definition) is 8. The fourth-order valence-corrected chi connectivity index (χ4v) is 4.03. The van der Waals surface area contributed by atoms with Crippen molar-refractivity contribution < 1.29 is 14.3 Å². The van der Waals surface area contributed by atoms with Crippen LogP contribution in [0.2, 0.25) is 0 Å². The van der Waals surface area contributed by atoms with Gasteiger partial charge in [-0.2, -0.15) is 10.5 Å². The molecule has 32 heavy (non-hydrogen) atoms. The lowest BCUT2D eigenvalue weighted by molar-refractivity contribution is 0.101. The molecule has 2 N–H and O–H groups in total. The summed E-state index contributed by atoms with van der Waals surface area (Å²) in [4.78, 5) is 17.2. The van der Waals surface area contributed by atoms with Crippen molar-refractivity contribution in [3.8, 4) is 34.8 Å². The molecule has 1 heterocycles. The van der Waals surface area contributed by atoms with E-state index in [4.69, 9.17) is 15.2 Å². The van der Waals surface area contributed by atoms with Crippen LogP contribution in [0.1, 0.15) is 27.0 Å². The first kappa shape index (κ1) is 22.7. The Hall–Kier alpha value is -4.01. The van der Waals surface area contributed by atoms with E-state index in [0.29, 0.717) is 28.2 Å². The van der Waals surface area contributed by atoms with Crippen molar-refractivity contribution in [1.82, 2.24) is 4.98 Å². The maximum Gasteiger partial charge on any atom is 0.176 e. The molecule has 0 fully saturated rings. The zero-order valence-electron chi connectivity index (χ0n) is 17.8. The van der Waals surface area contributed by atoms with Gasteiger partial charge in [0.05, 0.1) is 31.1 Å². The second-order valence-electron chi connectivity index (χ2n) is 6.79. The maximum atomic E-state index is 12.9. The predicted molar refractivity (Wildman–Crippen MR) is 123 cm³/mol. The highest BCUT2D eigenvalue weighted by atomic mass is 32.2. The van der Waals surface area contributed by atoms with Gasteiger partial charge >= 0.3 is 0 Å². The summed E-state index contributed by atoms with van der Waals surface area (Å²) >= 11 is 1.08. The predicted octanol–water partition coefficient (Wildman–Crippen LogP) is 4.37. The van der Waals surface area contributed by atoms with E-state index < -0.39 is 0 Å². The van der Waals surface area contributed by atoms with Crippen molar-refractivity contribution >= 4 is 23.4 Å². The summed E-state index contributed by atoms with van der Waals surface area (Å²) in [6.07, 6.45) is 0. The van der Waals surface area contributed by atoms with Crippen LogP contribution in [-0.4, -0.2) is 30.7 Å². The first-order chi connectivity index (χ1) is 15.4. The number of nitriles is 2. The molecule has 0 amide bonds. The van der Waals surface area contributed by atoms with Gasteiger partial charge in [-0.15, -0.1) is 0 Å². The number of nitrogens with two attached hydrogens (primary N) is 1. The second kappa shape index (κ2) is 9.86. The molecule has 1 aromatic heterocycles. The largest absolute Gasteiger partial charge is 0.497 e. The summed E-state index contributed by atoms with van der Waals surface area (Å²) in [5.41, 5.74) is 8.88. The molecule has 0 spiro atoms. The minimum Gasteiger partial charge on any atom is -0.497 e. The third-order valence-corrected chi connectivity index (χ3v) is 5.78. The van der Waals surface area contributed by atoms with Gasteiger partial charge in [-0.05, 0) is 30.7 Å². The molecular weight excluding hydrogens is 424 g/mol. The molecule has 7 nitrogen and oxygen atoms in total. The monoisotopic (exact) mass is 444 g/mol. The summed E-state index contributed by atoms with van der Waals surface area (Å²) in [6.45, 7) is 1.95. The summed E-state index contributed by atoms with van der Waals surface area (Å²) < 4.78 is 10.5. The molecule has 0 aliphatic rings. The van der Waals surface area contributed by atoms with Gasteiger partial charge in [0.2, 0.25) is 0 Å². The van der Waals surface area contributed by atoms with Crippen molar-refractivity contribution in [2.75, 3.05) is 25.7 Å². The third kappa shape index (κ3) is 4.51. The van der Waals surface area contributed by atoms with Crippen LogP contribution in [0.15, 0.2) is 47.5 Å². The molecule has 2 aromatic carbocycles. The number of rotatable bonds is 7. The number of hydrogen-bond donors (Lipinski definition) is 1. The Morgan fingerprint density at radius 2 is 1.75 bits per heavy atom. The number of benzene rings is 2. The average molecular weight is 445 g/mol. The molecule has 0 atom stereocenters. The number of carbonyl (C=O) groups excluding carboxylic acids is 1. The van der Waals surface area contributed by atoms with E-state index in [9.17, 15) is 15.3 Å². The van der Waals surface area contributed by atoms with Crippen LogP contribution in [0, 0.1) is 29.6 Å². The van der Waals surface area contributed by atoms with Gasteiger partial charge in [0, 0.05) is 5.56 Å². The molecule has 3 rings (SSSR count). The number of methoxy groups -OCH3 is 2. The molecular formula is C24H20N4O3S. The van der Waals surface area contributed by atoms with Gasteiger partial charge in [0.15, 0.2) is 5.78 Å². The minimum atomic E-state index is -0.226. The number of thioether (sulfide) groups is 1. The zero-order valence-corrected chi connectivity index (χ0v) is 18.6. The Kier molecular flexibility index (Phi) is 6.99. The number of pyridine rings is 1. The summed E-state index contributed by atoms with van der Waals surface area (Å²) in [6, 6.07) is 16.6. The Labute approximate surface area is 190 Å². The van der Waals surface area contributed by atoms with Crippen LogP contribution >= 0.6 is 11.8 Å². The average Bonchev–Trinajstić information content (AvgIpc) is 2.82. The van der Waals surface area contributed by atoms with Crippen LogP contribution in [0.4, 0.5) is 5.82 Å². The van der Waals surface area contributed by atoms with E-state index in [0.717, 1.165) is 17.3 Å². The first-order valence-corrected chi connectivity index (χ1v) is 10.5. The number of aryl methyl sites for hydroxylation is 1. The van der Waals surface area contributed by atoms with Crippen molar-refractivity contribution in [2.24, 2.45) is 0 Å². The first-order valence-electron chi connectivity index (χ1n) is 9.52. The number of nitrogen functional groups attached to an aromatic ring is 1. The number of nitrogens with zero attached hydrogens (tertiary/aromatic N) is 3. The van der Waals surface area contributed by atoms with Crippen LogP contribution in [0.5, 0.6) is 11.5 Å². The highest BCUT2D eigenvalue weighted by Gasteiger charge is 2.22. The lowest BCUT2D eigenvalue weighted by Gasteiger charge is -2.13. The standard InChI is InChI=1S/C24H20N4O3S/c1-14-4-6-15(7-5-14)22-18(11-25)23(27)28-24(19(22)12-26)32-13-20(29)17-10-16(30-2)8-9-21(17)31-3/h4-10H,13H2,1-3H3,(H2,27,28). The number of carbonyl (C=O) groups is 1. The van der Waals surface area contributed by atoms with Crippen molar-refractivity contribution in [1.29, 1.82) is 10.5 Å². The fourth-order valence-electron chi connectivity index (χ4n) is 3.16. The topological polar surface area (TPSA) is 122 Å². The lowest BCUT2D eigenvalue weighted by Crippen LogP contribution is -2.08. The lowest BCUT2D eigenvalue weighted by atomic mass is 9.96. The summed E-state index contributed by atoms with van der Waals surface area (Å²) in [7, 11) is 3.00. The van der Waals surface area contributed by atoms with Crippen LogP contribution < -0.4 is 15.2 Å². The molecule has 0 unspecified atom stereocenters. The summed E-state index contributed by atoms with van der Waals surface area (Å²) in [5.74, 6) is 0.722. The zero-order chi connectivity index (χ0) is 23.3. The molecule has 0 aliphatic heterocycles. The van der Waals surface area contributed by atoms with Gasteiger partial charge in [0.25, 0.3) is 0 Å².